The molecule has 3 aromatic heterocycles. The van der Waals surface area contributed by atoms with Crippen LogP contribution in [0.4, 0.5) is 0 Å². The van der Waals surface area contributed by atoms with E-state index in [0.717, 1.165) is 5.39 Å². The van der Waals surface area contributed by atoms with Gasteiger partial charge in [0, 0.05) is 17.0 Å². The van der Waals surface area contributed by atoms with Crippen LogP contribution in [0, 0.1) is 0 Å². The number of nitrogens with zero attached hydrogens (tertiary/aromatic N) is 5. The second-order valence-electron chi connectivity index (χ2n) is 8.28. The molecule has 0 amide bonds. The van der Waals surface area contributed by atoms with Crippen molar-refractivity contribution in [2.75, 3.05) is 0 Å². The van der Waals surface area contributed by atoms with Crippen LogP contribution in [0.1, 0.15) is 41.6 Å². The highest BCUT2D eigenvalue weighted by Crippen LogP contribution is 2.24. The van der Waals surface area contributed by atoms with Crippen molar-refractivity contribution in [3.05, 3.63) is 93.3 Å². The summed E-state index contributed by atoms with van der Waals surface area (Å²) in [7, 11) is 0. The summed E-state index contributed by atoms with van der Waals surface area (Å²) >= 11 is 6.49. The van der Waals surface area contributed by atoms with E-state index in [9.17, 15) is 14.7 Å². The molecule has 5 rings (SSSR count). The molecule has 0 aliphatic carbocycles. The van der Waals surface area contributed by atoms with E-state index >= 15 is 0 Å². The minimum absolute atomic E-state index is 0.126. The summed E-state index contributed by atoms with van der Waals surface area (Å²) in [6, 6.07) is 15.2. The van der Waals surface area contributed by atoms with E-state index in [2.05, 4.69) is 15.1 Å². The highest BCUT2D eigenvalue weighted by molar-refractivity contribution is 6.31. The van der Waals surface area contributed by atoms with Crippen molar-refractivity contribution in [2.24, 2.45) is 0 Å². The van der Waals surface area contributed by atoms with Crippen LogP contribution < -0.4 is 5.56 Å². The first kappa shape index (κ1) is 22.5. The average molecular weight is 486 g/mol. The molecule has 0 radical (unpaired) electrons. The lowest BCUT2D eigenvalue weighted by Gasteiger charge is -2.12. The molecule has 174 valence electrons. The Hall–Kier alpha value is -4.30. The quantitative estimate of drug-likeness (QED) is 0.342. The smallest absolute Gasteiger partial charge is 0.335 e. The Balaban J connectivity index is 1.66. The van der Waals surface area contributed by atoms with Gasteiger partial charge in [-0.2, -0.15) is 5.10 Å². The summed E-state index contributed by atoms with van der Waals surface area (Å²) in [5.41, 5.74) is 2.25. The second kappa shape index (κ2) is 8.81. The average Bonchev–Trinajstić information content (AvgIpc) is 3.25. The molecular formula is C26H20ClN5O3. The van der Waals surface area contributed by atoms with E-state index in [0.29, 0.717) is 38.8 Å². The summed E-state index contributed by atoms with van der Waals surface area (Å²) in [4.78, 5) is 33.9. The number of rotatable bonds is 5. The summed E-state index contributed by atoms with van der Waals surface area (Å²) < 4.78 is 3.25. The van der Waals surface area contributed by atoms with Gasteiger partial charge in [0.15, 0.2) is 5.65 Å². The number of aromatic nitrogens is 5. The zero-order valence-electron chi connectivity index (χ0n) is 18.9. The van der Waals surface area contributed by atoms with Crippen molar-refractivity contribution < 1.29 is 9.90 Å². The molecule has 35 heavy (non-hydrogen) atoms. The van der Waals surface area contributed by atoms with Gasteiger partial charge in [0.2, 0.25) is 0 Å². The highest BCUT2D eigenvalue weighted by atomic mass is 35.5. The van der Waals surface area contributed by atoms with Crippen LogP contribution >= 0.6 is 11.6 Å². The van der Waals surface area contributed by atoms with Crippen molar-refractivity contribution in [1.29, 1.82) is 0 Å². The van der Waals surface area contributed by atoms with E-state index in [4.69, 9.17) is 11.6 Å². The Bertz CT molecular complexity index is 1680. The fourth-order valence-electron chi connectivity index (χ4n) is 3.89. The van der Waals surface area contributed by atoms with E-state index < -0.39 is 5.97 Å². The second-order valence-corrected chi connectivity index (χ2v) is 8.64. The predicted molar refractivity (Wildman–Crippen MR) is 136 cm³/mol. The SMILES string of the molecule is CC(C)n1ncc2cc(C=Cc3nc4ccccc4c(=O)n3-c3ccc(C(=O)O)cc3)c(Cl)nc21. The molecule has 0 spiro atoms. The van der Waals surface area contributed by atoms with Gasteiger partial charge in [-0.1, -0.05) is 23.7 Å². The first-order chi connectivity index (χ1) is 16.8. The Labute approximate surface area is 204 Å². The minimum atomic E-state index is -1.04. The molecule has 2 aromatic carbocycles. The van der Waals surface area contributed by atoms with Crippen molar-refractivity contribution in [1.82, 2.24) is 24.3 Å². The van der Waals surface area contributed by atoms with Crippen LogP contribution in [0.25, 0.3) is 39.8 Å². The zero-order valence-corrected chi connectivity index (χ0v) is 19.6. The van der Waals surface area contributed by atoms with Gasteiger partial charge < -0.3 is 5.11 Å². The number of benzene rings is 2. The summed E-state index contributed by atoms with van der Waals surface area (Å²) in [5, 5.41) is 15.2. The van der Waals surface area contributed by atoms with Gasteiger partial charge in [0.1, 0.15) is 11.0 Å². The third kappa shape index (κ3) is 4.08. The van der Waals surface area contributed by atoms with Crippen LogP contribution in [0.15, 0.2) is 65.6 Å². The van der Waals surface area contributed by atoms with Crippen LogP contribution in [0.3, 0.4) is 0 Å². The number of halogens is 1. The maximum Gasteiger partial charge on any atom is 0.335 e. The van der Waals surface area contributed by atoms with Gasteiger partial charge in [0.05, 0.1) is 28.4 Å². The number of hydrogen-bond acceptors (Lipinski definition) is 5. The van der Waals surface area contributed by atoms with E-state index in [1.807, 2.05) is 26.0 Å². The molecule has 0 aliphatic rings. The Kier molecular flexibility index (Phi) is 5.66. The Morgan fingerprint density at radius 3 is 2.51 bits per heavy atom. The molecule has 5 aromatic rings. The van der Waals surface area contributed by atoms with Crippen LogP contribution in [0.5, 0.6) is 0 Å². The molecule has 8 nitrogen and oxygen atoms in total. The lowest BCUT2D eigenvalue weighted by atomic mass is 10.2. The number of hydrogen-bond donors (Lipinski definition) is 1. The number of carbonyl (C=O) groups is 1. The van der Waals surface area contributed by atoms with Crippen molar-refractivity contribution >= 4 is 51.7 Å². The van der Waals surface area contributed by atoms with Crippen LogP contribution in [0.2, 0.25) is 5.15 Å². The zero-order chi connectivity index (χ0) is 24.7. The number of carboxylic acids is 1. The molecule has 1 N–H and O–H groups in total. The van der Waals surface area contributed by atoms with E-state index in [1.165, 1.54) is 16.7 Å². The normalized spacial score (nSPS) is 11.8. The summed E-state index contributed by atoms with van der Waals surface area (Å²) in [6.45, 7) is 4.03. The number of fused-ring (bicyclic) bond motifs is 2. The predicted octanol–water partition coefficient (Wildman–Crippen LogP) is 5.23. The van der Waals surface area contributed by atoms with Gasteiger partial charge >= 0.3 is 5.97 Å². The van der Waals surface area contributed by atoms with Crippen molar-refractivity contribution in [3.8, 4) is 5.69 Å². The fraction of sp³-hybridized carbons (Fsp3) is 0.115. The largest absolute Gasteiger partial charge is 0.478 e. The van der Waals surface area contributed by atoms with Crippen LogP contribution in [-0.2, 0) is 0 Å². The topological polar surface area (TPSA) is 103 Å². The maximum absolute atomic E-state index is 13.4. The lowest BCUT2D eigenvalue weighted by Crippen LogP contribution is -2.22. The van der Waals surface area contributed by atoms with Gasteiger partial charge in [-0.3, -0.25) is 9.36 Å². The number of pyridine rings is 1. The third-order valence-electron chi connectivity index (χ3n) is 5.62. The monoisotopic (exact) mass is 485 g/mol. The summed E-state index contributed by atoms with van der Waals surface area (Å²) in [6.07, 6.45) is 5.19. The first-order valence-corrected chi connectivity index (χ1v) is 11.3. The van der Waals surface area contributed by atoms with Gasteiger partial charge in [-0.05, 0) is 68.5 Å². The molecule has 0 saturated heterocycles. The Morgan fingerprint density at radius 2 is 1.80 bits per heavy atom. The summed E-state index contributed by atoms with van der Waals surface area (Å²) in [5.74, 6) is -0.676. The van der Waals surface area contributed by atoms with Gasteiger partial charge in [-0.25, -0.2) is 19.4 Å². The lowest BCUT2D eigenvalue weighted by molar-refractivity contribution is 0.0697. The molecule has 0 atom stereocenters. The number of aromatic carboxylic acids is 1. The molecule has 0 fully saturated rings. The van der Waals surface area contributed by atoms with Crippen LogP contribution in [-0.4, -0.2) is 35.4 Å². The van der Waals surface area contributed by atoms with Crippen molar-refractivity contribution in [3.63, 3.8) is 0 Å². The van der Waals surface area contributed by atoms with Crippen molar-refractivity contribution in [2.45, 2.75) is 19.9 Å². The van der Waals surface area contributed by atoms with Gasteiger partial charge in [-0.15, -0.1) is 0 Å². The minimum Gasteiger partial charge on any atom is -0.478 e. The molecule has 0 unspecified atom stereocenters. The first-order valence-electron chi connectivity index (χ1n) is 10.9. The molecule has 9 heteroatoms. The standard InChI is InChI=1S/C26H20ClN5O3/c1-15(2)32-24-18(14-28-32)13-17(23(27)30-24)9-12-22-29-21-6-4-3-5-20(21)25(33)31(22)19-10-7-16(8-11-19)26(34)35/h3-15H,1-2H3,(H,34,35). The molecule has 3 heterocycles. The number of carboxylic acid groups (broad SMARTS) is 1. The Morgan fingerprint density at radius 1 is 1.06 bits per heavy atom. The molecule has 0 bridgehead atoms. The highest BCUT2D eigenvalue weighted by Gasteiger charge is 2.14. The van der Waals surface area contributed by atoms with E-state index in [-0.39, 0.29) is 17.2 Å². The number of para-hydroxylation sites is 1. The van der Waals surface area contributed by atoms with E-state index in [1.54, 1.807) is 53.4 Å². The third-order valence-corrected chi connectivity index (χ3v) is 5.93. The molecular weight excluding hydrogens is 466 g/mol. The molecule has 0 saturated carbocycles. The molecule has 0 aliphatic heterocycles. The fourth-order valence-corrected chi connectivity index (χ4v) is 4.09. The maximum atomic E-state index is 13.4. The van der Waals surface area contributed by atoms with Gasteiger partial charge in [0.25, 0.3) is 5.56 Å².